The number of ether oxygens (including phenoxy) is 1. The number of hydrogen-bond acceptors (Lipinski definition) is 7. The number of aryl methyl sites for hydroxylation is 1. The van der Waals surface area contributed by atoms with E-state index in [4.69, 9.17) is 25.4 Å². The van der Waals surface area contributed by atoms with Crippen molar-refractivity contribution in [2.45, 2.75) is 19.8 Å². The first kappa shape index (κ1) is 16.7. The second-order valence-electron chi connectivity index (χ2n) is 6.80. The summed E-state index contributed by atoms with van der Waals surface area (Å²) in [7, 11) is 2.01. The van der Waals surface area contributed by atoms with E-state index in [0.717, 1.165) is 41.5 Å². The molecule has 136 valence electrons. The number of morpholine rings is 1. The van der Waals surface area contributed by atoms with Gasteiger partial charge in [-0.25, -0.2) is 19.9 Å². The highest BCUT2D eigenvalue weighted by Crippen LogP contribution is 2.29. The van der Waals surface area contributed by atoms with Gasteiger partial charge in [-0.1, -0.05) is 13.8 Å². The normalized spacial score (nSPS) is 15.2. The first-order valence-electron chi connectivity index (χ1n) is 8.83. The van der Waals surface area contributed by atoms with Crippen LogP contribution in [0, 0.1) is 0 Å². The lowest BCUT2D eigenvalue weighted by atomic mass is 10.2. The minimum atomic E-state index is 0.299. The van der Waals surface area contributed by atoms with Gasteiger partial charge < -0.3 is 19.9 Å². The topological polar surface area (TPSA) is 95.0 Å². The summed E-state index contributed by atoms with van der Waals surface area (Å²) in [6.07, 6.45) is 1.71. The van der Waals surface area contributed by atoms with Crippen molar-refractivity contribution in [2.75, 3.05) is 36.9 Å². The first-order valence-corrected chi connectivity index (χ1v) is 8.83. The number of nitrogens with two attached hydrogens (primary N) is 1. The molecule has 0 radical (unpaired) electrons. The Morgan fingerprint density at radius 1 is 1.12 bits per heavy atom. The number of nitrogens with zero attached hydrogens (tertiary/aromatic N) is 6. The largest absolute Gasteiger partial charge is 0.384 e. The molecule has 0 atom stereocenters. The third kappa shape index (κ3) is 2.86. The van der Waals surface area contributed by atoms with E-state index in [1.807, 2.05) is 13.1 Å². The Morgan fingerprint density at radius 3 is 2.54 bits per heavy atom. The van der Waals surface area contributed by atoms with E-state index in [2.05, 4.69) is 28.3 Å². The fourth-order valence-corrected chi connectivity index (χ4v) is 3.24. The second kappa shape index (κ2) is 6.53. The van der Waals surface area contributed by atoms with E-state index in [-0.39, 0.29) is 0 Å². The fourth-order valence-electron chi connectivity index (χ4n) is 3.24. The van der Waals surface area contributed by atoms with Crippen LogP contribution in [0.3, 0.4) is 0 Å². The van der Waals surface area contributed by atoms with Crippen LogP contribution in [-0.4, -0.2) is 50.8 Å². The maximum absolute atomic E-state index is 5.71. The summed E-state index contributed by atoms with van der Waals surface area (Å²) >= 11 is 0. The van der Waals surface area contributed by atoms with E-state index in [1.54, 1.807) is 12.3 Å². The highest BCUT2D eigenvalue weighted by Gasteiger charge is 2.23. The SMILES string of the molecule is CC(C)c1nc2c(N3CCOCC3)nc(-c3ccc(N)nc3)nc2n1C. The predicted molar refractivity (Wildman–Crippen MR) is 101 cm³/mol. The summed E-state index contributed by atoms with van der Waals surface area (Å²) in [5.74, 6) is 3.26. The van der Waals surface area contributed by atoms with E-state index in [9.17, 15) is 0 Å². The molecule has 0 bridgehead atoms. The van der Waals surface area contributed by atoms with Gasteiger partial charge in [-0.05, 0) is 12.1 Å². The molecular formula is C18H23N7O. The Labute approximate surface area is 152 Å². The van der Waals surface area contributed by atoms with Crippen LogP contribution >= 0.6 is 0 Å². The first-order chi connectivity index (χ1) is 12.5. The standard InChI is InChI=1S/C18H23N7O/c1-11(2)16-21-14-17(24(16)3)22-15(12-4-5-13(19)20-10-12)23-18(14)25-6-8-26-9-7-25/h4-5,10-11H,6-9H2,1-3H3,(H2,19,20). The molecule has 0 aromatic carbocycles. The van der Waals surface area contributed by atoms with Gasteiger partial charge in [0, 0.05) is 37.8 Å². The van der Waals surface area contributed by atoms with Crippen molar-refractivity contribution in [3.05, 3.63) is 24.2 Å². The molecule has 1 saturated heterocycles. The lowest BCUT2D eigenvalue weighted by Crippen LogP contribution is -2.37. The molecule has 0 amide bonds. The summed E-state index contributed by atoms with van der Waals surface area (Å²) in [5.41, 5.74) is 8.22. The minimum Gasteiger partial charge on any atom is -0.384 e. The number of imidazole rings is 1. The average Bonchev–Trinajstić information content (AvgIpc) is 2.99. The quantitative estimate of drug-likeness (QED) is 0.769. The minimum absolute atomic E-state index is 0.299. The highest BCUT2D eigenvalue weighted by atomic mass is 16.5. The van der Waals surface area contributed by atoms with Crippen LogP contribution < -0.4 is 10.6 Å². The molecule has 0 spiro atoms. The lowest BCUT2D eigenvalue weighted by Gasteiger charge is -2.28. The van der Waals surface area contributed by atoms with E-state index >= 15 is 0 Å². The molecule has 3 aromatic heterocycles. The van der Waals surface area contributed by atoms with Crippen molar-refractivity contribution in [1.82, 2.24) is 24.5 Å². The van der Waals surface area contributed by atoms with Crippen LogP contribution in [0.4, 0.5) is 11.6 Å². The smallest absolute Gasteiger partial charge is 0.166 e. The number of pyridine rings is 1. The molecule has 2 N–H and O–H groups in total. The Morgan fingerprint density at radius 2 is 1.88 bits per heavy atom. The third-order valence-electron chi connectivity index (χ3n) is 4.61. The summed E-state index contributed by atoms with van der Waals surface area (Å²) in [5, 5.41) is 0. The van der Waals surface area contributed by atoms with E-state index in [1.165, 1.54) is 0 Å². The molecule has 8 nitrogen and oxygen atoms in total. The van der Waals surface area contributed by atoms with Crippen LogP contribution in [0.2, 0.25) is 0 Å². The van der Waals surface area contributed by atoms with Gasteiger partial charge >= 0.3 is 0 Å². The molecule has 0 unspecified atom stereocenters. The maximum atomic E-state index is 5.71. The second-order valence-corrected chi connectivity index (χ2v) is 6.80. The Bertz CT molecular complexity index is 927. The average molecular weight is 353 g/mol. The van der Waals surface area contributed by atoms with Crippen molar-refractivity contribution >= 4 is 22.8 Å². The molecule has 1 aliphatic heterocycles. The van der Waals surface area contributed by atoms with E-state index in [0.29, 0.717) is 30.8 Å². The summed E-state index contributed by atoms with van der Waals surface area (Å²) in [6, 6.07) is 3.66. The summed E-state index contributed by atoms with van der Waals surface area (Å²) < 4.78 is 7.55. The monoisotopic (exact) mass is 353 g/mol. The van der Waals surface area contributed by atoms with Crippen molar-refractivity contribution in [2.24, 2.45) is 7.05 Å². The van der Waals surface area contributed by atoms with Crippen LogP contribution in [0.25, 0.3) is 22.6 Å². The van der Waals surface area contributed by atoms with Crippen molar-refractivity contribution in [1.29, 1.82) is 0 Å². The van der Waals surface area contributed by atoms with Gasteiger partial charge in [0.15, 0.2) is 22.8 Å². The summed E-state index contributed by atoms with van der Waals surface area (Å²) in [6.45, 7) is 7.22. The zero-order chi connectivity index (χ0) is 18.3. The lowest BCUT2D eigenvalue weighted by molar-refractivity contribution is 0.122. The van der Waals surface area contributed by atoms with Crippen LogP contribution in [0.1, 0.15) is 25.6 Å². The van der Waals surface area contributed by atoms with Crippen LogP contribution in [0.15, 0.2) is 18.3 Å². The highest BCUT2D eigenvalue weighted by molar-refractivity contribution is 5.86. The Balaban J connectivity index is 1.93. The Hall–Kier alpha value is -2.74. The molecule has 1 aliphatic rings. The number of rotatable bonds is 3. The van der Waals surface area contributed by atoms with Gasteiger partial charge in [-0.2, -0.15) is 0 Å². The van der Waals surface area contributed by atoms with Gasteiger partial charge in [-0.3, -0.25) is 0 Å². The van der Waals surface area contributed by atoms with Gasteiger partial charge in [0.2, 0.25) is 0 Å². The number of nitrogen functional groups attached to an aromatic ring is 1. The molecular weight excluding hydrogens is 330 g/mol. The van der Waals surface area contributed by atoms with Gasteiger partial charge in [-0.15, -0.1) is 0 Å². The van der Waals surface area contributed by atoms with E-state index < -0.39 is 0 Å². The predicted octanol–water partition coefficient (Wildman–Crippen LogP) is 1.97. The van der Waals surface area contributed by atoms with Gasteiger partial charge in [0.25, 0.3) is 0 Å². The third-order valence-corrected chi connectivity index (χ3v) is 4.61. The molecule has 4 heterocycles. The van der Waals surface area contributed by atoms with Crippen molar-refractivity contribution in [3.63, 3.8) is 0 Å². The maximum Gasteiger partial charge on any atom is 0.166 e. The molecule has 3 aromatic rings. The molecule has 0 saturated carbocycles. The summed E-state index contributed by atoms with van der Waals surface area (Å²) in [4.78, 5) is 20.9. The number of hydrogen-bond donors (Lipinski definition) is 1. The van der Waals surface area contributed by atoms with Crippen LogP contribution in [0.5, 0.6) is 0 Å². The zero-order valence-corrected chi connectivity index (χ0v) is 15.3. The van der Waals surface area contributed by atoms with Gasteiger partial charge in [0.05, 0.1) is 13.2 Å². The molecule has 26 heavy (non-hydrogen) atoms. The number of anilines is 2. The van der Waals surface area contributed by atoms with Crippen molar-refractivity contribution in [3.8, 4) is 11.4 Å². The number of fused-ring (bicyclic) bond motifs is 1. The molecule has 0 aliphatic carbocycles. The van der Waals surface area contributed by atoms with Crippen molar-refractivity contribution < 1.29 is 4.74 Å². The number of aromatic nitrogens is 5. The molecule has 8 heteroatoms. The Kier molecular flexibility index (Phi) is 4.20. The van der Waals surface area contributed by atoms with Gasteiger partial charge in [0.1, 0.15) is 11.6 Å². The molecule has 4 rings (SSSR count). The fraction of sp³-hybridized carbons (Fsp3) is 0.444. The van der Waals surface area contributed by atoms with Crippen LogP contribution in [-0.2, 0) is 11.8 Å². The molecule has 1 fully saturated rings. The zero-order valence-electron chi connectivity index (χ0n) is 15.3.